The van der Waals surface area contributed by atoms with E-state index in [1.165, 1.54) is 0 Å². The molecule has 0 atom stereocenters. The zero-order valence-electron chi connectivity index (χ0n) is 9.26. The van der Waals surface area contributed by atoms with Gasteiger partial charge in [-0.25, -0.2) is 0 Å². The van der Waals surface area contributed by atoms with Gasteiger partial charge in [0.05, 0.1) is 10.5 Å². The van der Waals surface area contributed by atoms with Crippen LogP contribution in [0, 0.1) is 10.1 Å². The summed E-state index contributed by atoms with van der Waals surface area (Å²) in [7, 11) is 0. The molecule has 8 nitrogen and oxygen atoms in total. The standard InChI is InChI=1S/C9H4F3N3O5/c10-9(11,12)3-1-4-6(5(2-3)15(19)20)13-7(16)8(17)14(4)18/h1-2,18H,(H,13,16). The first-order valence-electron chi connectivity index (χ1n) is 4.87. The van der Waals surface area contributed by atoms with Gasteiger partial charge in [0.2, 0.25) is 0 Å². The predicted octanol–water partition coefficient (Wildman–Crippen LogP) is 0.854. The Morgan fingerprint density at radius 1 is 1.30 bits per heavy atom. The number of nitro groups is 1. The lowest BCUT2D eigenvalue weighted by Gasteiger charge is -2.09. The number of nitrogens with one attached hydrogen (secondary N) is 1. The molecule has 0 aliphatic heterocycles. The normalized spacial score (nSPS) is 11.8. The molecule has 1 aromatic heterocycles. The van der Waals surface area contributed by atoms with Crippen LogP contribution in [0.3, 0.4) is 0 Å². The molecule has 0 radical (unpaired) electrons. The second kappa shape index (κ2) is 4.08. The van der Waals surface area contributed by atoms with Gasteiger partial charge in [-0.05, 0) is 6.07 Å². The second-order valence-corrected chi connectivity index (χ2v) is 3.72. The predicted molar refractivity (Wildman–Crippen MR) is 57.7 cm³/mol. The van der Waals surface area contributed by atoms with Gasteiger partial charge in [-0.3, -0.25) is 19.7 Å². The summed E-state index contributed by atoms with van der Waals surface area (Å²) in [5.41, 5.74) is -6.99. The van der Waals surface area contributed by atoms with E-state index in [9.17, 15) is 38.1 Å². The van der Waals surface area contributed by atoms with Crippen LogP contribution in [0.2, 0.25) is 0 Å². The summed E-state index contributed by atoms with van der Waals surface area (Å²) >= 11 is 0. The molecule has 1 heterocycles. The van der Waals surface area contributed by atoms with Gasteiger partial charge in [0, 0.05) is 6.07 Å². The number of nitro benzene ring substituents is 1. The second-order valence-electron chi connectivity index (χ2n) is 3.72. The number of hydrogen-bond acceptors (Lipinski definition) is 5. The average Bonchev–Trinajstić information content (AvgIpc) is 2.33. The Kier molecular flexibility index (Phi) is 2.77. The number of non-ortho nitro benzene ring substituents is 1. The molecule has 2 aromatic rings. The minimum Gasteiger partial charge on any atom is -0.425 e. The Hall–Kier alpha value is -2.85. The minimum absolute atomic E-state index is 0.197. The molecule has 0 bridgehead atoms. The molecule has 0 aliphatic carbocycles. The number of nitrogens with zero attached hydrogens (tertiary/aromatic N) is 2. The van der Waals surface area contributed by atoms with Crippen LogP contribution in [0.25, 0.3) is 11.0 Å². The molecule has 0 fully saturated rings. The van der Waals surface area contributed by atoms with E-state index in [0.717, 1.165) is 0 Å². The molecule has 0 saturated carbocycles. The van der Waals surface area contributed by atoms with Crippen molar-refractivity contribution in [3.05, 3.63) is 48.5 Å². The number of hydrogen-bond donors (Lipinski definition) is 2. The number of H-pyrrole nitrogens is 1. The number of halogens is 3. The van der Waals surface area contributed by atoms with E-state index in [2.05, 4.69) is 0 Å². The third-order valence-electron chi connectivity index (χ3n) is 2.47. The SMILES string of the molecule is O=c1[nH]c2c([N+](=O)[O-])cc(C(F)(F)F)cc2n(O)c1=O. The highest BCUT2D eigenvalue weighted by molar-refractivity contribution is 5.84. The van der Waals surface area contributed by atoms with Crippen molar-refractivity contribution in [2.75, 3.05) is 0 Å². The summed E-state index contributed by atoms with van der Waals surface area (Å²) < 4.78 is 37.5. The fraction of sp³-hybridized carbons (Fsp3) is 0.111. The van der Waals surface area contributed by atoms with Crippen molar-refractivity contribution in [2.24, 2.45) is 0 Å². The van der Waals surface area contributed by atoms with Crippen LogP contribution in [0.1, 0.15) is 5.56 Å². The minimum atomic E-state index is -4.93. The number of aromatic nitrogens is 2. The maximum Gasteiger partial charge on any atom is 0.416 e. The summed E-state index contributed by atoms with van der Waals surface area (Å²) in [4.78, 5) is 33.6. The van der Waals surface area contributed by atoms with Gasteiger partial charge in [-0.1, -0.05) is 0 Å². The number of rotatable bonds is 1. The fourth-order valence-corrected chi connectivity index (χ4v) is 1.59. The summed E-state index contributed by atoms with van der Waals surface area (Å²) in [6.07, 6.45) is -4.93. The maximum absolute atomic E-state index is 12.6. The van der Waals surface area contributed by atoms with E-state index >= 15 is 0 Å². The Morgan fingerprint density at radius 3 is 2.40 bits per heavy atom. The quantitative estimate of drug-likeness (QED) is 0.349. The molecule has 11 heteroatoms. The Morgan fingerprint density at radius 2 is 1.90 bits per heavy atom. The van der Waals surface area contributed by atoms with Crippen molar-refractivity contribution in [3.63, 3.8) is 0 Å². The summed E-state index contributed by atoms with van der Waals surface area (Å²) in [6.45, 7) is 0. The zero-order chi connectivity index (χ0) is 15.2. The topological polar surface area (TPSA) is 118 Å². The van der Waals surface area contributed by atoms with E-state index in [1.54, 1.807) is 4.98 Å². The summed E-state index contributed by atoms with van der Waals surface area (Å²) in [5.74, 6) is 0. The third kappa shape index (κ3) is 1.98. The lowest BCUT2D eigenvalue weighted by molar-refractivity contribution is -0.383. The molecule has 2 N–H and O–H groups in total. The largest absolute Gasteiger partial charge is 0.425 e. The monoisotopic (exact) mass is 291 g/mol. The van der Waals surface area contributed by atoms with Gasteiger partial charge in [0.1, 0.15) is 11.0 Å². The number of fused-ring (bicyclic) bond motifs is 1. The van der Waals surface area contributed by atoms with Crippen molar-refractivity contribution in [2.45, 2.75) is 6.18 Å². The number of alkyl halides is 3. The number of benzene rings is 1. The molecule has 0 unspecified atom stereocenters. The van der Waals surface area contributed by atoms with Crippen molar-refractivity contribution in [1.29, 1.82) is 0 Å². The molecule has 0 spiro atoms. The van der Waals surface area contributed by atoms with Gasteiger partial charge >= 0.3 is 17.3 Å². The fourth-order valence-electron chi connectivity index (χ4n) is 1.59. The van der Waals surface area contributed by atoms with E-state index in [4.69, 9.17) is 0 Å². The first-order valence-corrected chi connectivity index (χ1v) is 4.87. The smallest absolute Gasteiger partial charge is 0.416 e. The van der Waals surface area contributed by atoms with Crippen LogP contribution in [0.15, 0.2) is 21.7 Å². The highest BCUT2D eigenvalue weighted by Gasteiger charge is 2.34. The van der Waals surface area contributed by atoms with Gasteiger partial charge in [-0.2, -0.15) is 13.2 Å². The Labute approximate surface area is 105 Å². The highest BCUT2D eigenvalue weighted by Crippen LogP contribution is 2.34. The lowest BCUT2D eigenvalue weighted by atomic mass is 10.1. The van der Waals surface area contributed by atoms with Crippen molar-refractivity contribution in [3.8, 4) is 0 Å². The van der Waals surface area contributed by atoms with Crippen LogP contribution < -0.4 is 11.1 Å². The van der Waals surface area contributed by atoms with Crippen LogP contribution in [-0.4, -0.2) is 19.8 Å². The van der Waals surface area contributed by atoms with Crippen LogP contribution in [-0.2, 0) is 6.18 Å². The van der Waals surface area contributed by atoms with Crippen molar-refractivity contribution >= 4 is 16.7 Å². The average molecular weight is 291 g/mol. The molecule has 0 aliphatic rings. The maximum atomic E-state index is 12.6. The third-order valence-corrected chi connectivity index (χ3v) is 2.47. The molecule has 20 heavy (non-hydrogen) atoms. The lowest BCUT2D eigenvalue weighted by Crippen LogP contribution is -2.35. The van der Waals surface area contributed by atoms with Crippen LogP contribution in [0.5, 0.6) is 0 Å². The van der Waals surface area contributed by atoms with Gasteiger partial charge in [0.25, 0.3) is 5.69 Å². The molecule has 106 valence electrons. The van der Waals surface area contributed by atoms with E-state index < -0.39 is 44.5 Å². The van der Waals surface area contributed by atoms with Crippen molar-refractivity contribution in [1.82, 2.24) is 9.71 Å². The first kappa shape index (κ1) is 13.6. The molecule has 2 rings (SSSR count). The Bertz CT molecular complexity index is 836. The first-order chi connectivity index (χ1) is 9.12. The van der Waals surface area contributed by atoms with Crippen molar-refractivity contribution < 1.29 is 23.3 Å². The van der Waals surface area contributed by atoms with Crippen LogP contribution in [0.4, 0.5) is 18.9 Å². The van der Waals surface area contributed by atoms with E-state index in [-0.39, 0.29) is 10.8 Å². The van der Waals surface area contributed by atoms with E-state index in [0.29, 0.717) is 6.07 Å². The van der Waals surface area contributed by atoms with Crippen LogP contribution >= 0.6 is 0 Å². The molecule has 0 amide bonds. The highest BCUT2D eigenvalue weighted by atomic mass is 19.4. The van der Waals surface area contributed by atoms with Gasteiger partial charge in [0.15, 0.2) is 0 Å². The zero-order valence-corrected chi connectivity index (χ0v) is 9.26. The van der Waals surface area contributed by atoms with Gasteiger partial charge < -0.3 is 10.2 Å². The van der Waals surface area contributed by atoms with E-state index in [1.807, 2.05) is 0 Å². The van der Waals surface area contributed by atoms with Gasteiger partial charge in [-0.15, -0.1) is 4.73 Å². The molecule has 0 saturated heterocycles. The summed E-state index contributed by atoms with van der Waals surface area (Å²) in [5, 5.41) is 20.1. The molecule has 1 aromatic carbocycles. The number of aromatic amines is 1. The molecular weight excluding hydrogens is 287 g/mol. The molecular formula is C9H4F3N3O5. The summed E-state index contributed by atoms with van der Waals surface area (Å²) in [6, 6.07) is 0.516. The Balaban J connectivity index is 3.06.